The lowest BCUT2D eigenvalue weighted by Gasteiger charge is -2.32. The smallest absolute Gasteiger partial charge is 0.0728 e. The summed E-state index contributed by atoms with van der Waals surface area (Å²) in [5.74, 6) is 0. The summed E-state index contributed by atoms with van der Waals surface area (Å²) in [6.07, 6.45) is 6.74. The Labute approximate surface area is 126 Å². The van der Waals surface area contributed by atoms with E-state index in [4.69, 9.17) is 4.74 Å². The first-order valence-electron chi connectivity index (χ1n) is 7.67. The molecule has 0 aliphatic carbocycles. The molecule has 4 nitrogen and oxygen atoms in total. The van der Waals surface area contributed by atoms with Gasteiger partial charge in [-0.1, -0.05) is 30.3 Å². The lowest BCUT2D eigenvalue weighted by molar-refractivity contribution is -0.0337. The van der Waals surface area contributed by atoms with Gasteiger partial charge in [0.15, 0.2) is 0 Å². The fourth-order valence-electron chi connectivity index (χ4n) is 3.05. The van der Waals surface area contributed by atoms with E-state index in [1.807, 2.05) is 16.9 Å². The van der Waals surface area contributed by atoms with Crippen molar-refractivity contribution >= 4 is 5.69 Å². The second-order valence-electron chi connectivity index (χ2n) is 5.98. The number of benzene rings is 1. The van der Waals surface area contributed by atoms with Crippen molar-refractivity contribution in [2.24, 2.45) is 0 Å². The van der Waals surface area contributed by atoms with E-state index in [1.54, 1.807) is 0 Å². The standard InChI is InChI=1S/C17H23N3O/c1-13-8-16(9-14(2)21-13)19-17-10-18-20(12-17)11-15-6-4-3-5-7-15/h3-7,10,12-14,16,19H,8-9,11H2,1-2H3. The maximum atomic E-state index is 5.78. The molecule has 1 aromatic carbocycles. The van der Waals surface area contributed by atoms with Gasteiger partial charge in [-0.25, -0.2) is 0 Å². The fraction of sp³-hybridized carbons (Fsp3) is 0.471. The maximum Gasteiger partial charge on any atom is 0.0728 e. The van der Waals surface area contributed by atoms with E-state index in [1.165, 1.54) is 5.56 Å². The number of aromatic nitrogens is 2. The zero-order chi connectivity index (χ0) is 14.7. The molecule has 1 aromatic heterocycles. The van der Waals surface area contributed by atoms with Crippen LogP contribution in [0.5, 0.6) is 0 Å². The van der Waals surface area contributed by atoms with Gasteiger partial charge in [-0.05, 0) is 32.3 Å². The largest absolute Gasteiger partial charge is 0.380 e. The van der Waals surface area contributed by atoms with Crippen molar-refractivity contribution in [3.8, 4) is 0 Å². The molecule has 0 amide bonds. The Morgan fingerprint density at radius 1 is 1.19 bits per heavy atom. The molecule has 2 aromatic rings. The molecule has 21 heavy (non-hydrogen) atoms. The van der Waals surface area contributed by atoms with Crippen molar-refractivity contribution in [2.75, 3.05) is 5.32 Å². The summed E-state index contributed by atoms with van der Waals surface area (Å²) in [5.41, 5.74) is 2.36. The van der Waals surface area contributed by atoms with Crippen molar-refractivity contribution in [1.82, 2.24) is 9.78 Å². The lowest BCUT2D eigenvalue weighted by atomic mass is 10.00. The minimum absolute atomic E-state index is 0.325. The lowest BCUT2D eigenvalue weighted by Crippen LogP contribution is -2.36. The van der Waals surface area contributed by atoms with Crippen molar-refractivity contribution in [3.05, 3.63) is 48.3 Å². The van der Waals surface area contributed by atoms with Crippen LogP contribution >= 0.6 is 0 Å². The van der Waals surface area contributed by atoms with Gasteiger partial charge >= 0.3 is 0 Å². The van der Waals surface area contributed by atoms with E-state index in [2.05, 4.69) is 54.7 Å². The third-order valence-corrected chi connectivity index (χ3v) is 3.89. The van der Waals surface area contributed by atoms with Crippen LogP contribution in [0.4, 0.5) is 5.69 Å². The van der Waals surface area contributed by atoms with Crippen LogP contribution in [0, 0.1) is 0 Å². The highest BCUT2D eigenvalue weighted by atomic mass is 16.5. The Morgan fingerprint density at radius 3 is 2.62 bits per heavy atom. The molecular formula is C17H23N3O. The third-order valence-electron chi connectivity index (χ3n) is 3.89. The SMILES string of the molecule is CC1CC(Nc2cnn(Cc3ccccc3)c2)CC(C)O1. The van der Waals surface area contributed by atoms with Gasteiger partial charge < -0.3 is 10.1 Å². The van der Waals surface area contributed by atoms with E-state index in [0.717, 1.165) is 25.1 Å². The molecular weight excluding hydrogens is 262 g/mol. The molecule has 1 aliphatic rings. The van der Waals surface area contributed by atoms with Crippen molar-refractivity contribution < 1.29 is 4.74 Å². The first kappa shape index (κ1) is 14.1. The Balaban J connectivity index is 1.60. The zero-order valence-corrected chi connectivity index (χ0v) is 12.7. The Morgan fingerprint density at radius 2 is 1.90 bits per heavy atom. The van der Waals surface area contributed by atoms with Crippen molar-refractivity contribution in [3.63, 3.8) is 0 Å². The molecule has 1 N–H and O–H groups in total. The van der Waals surface area contributed by atoms with Gasteiger partial charge in [0.1, 0.15) is 0 Å². The summed E-state index contributed by atoms with van der Waals surface area (Å²) >= 11 is 0. The molecule has 1 saturated heterocycles. The summed E-state index contributed by atoms with van der Waals surface area (Å²) in [4.78, 5) is 0. The van der Waals surface area contributed by atoms with Crippen molar-refractivity contribution in [2.45, 2.75) is 51.5 Å². The second kappa shape index (κ2) is 6.31. The number of nitrogens with zero attached hydrogens (tertiary/aromatic N) is 2. The molecule has 2 atom stereocenters. The number of anilines is 1. The van der Waals surface area contributed by atoms with Gasteiger partial charge in [0.2, 0.25) is 0 Å². The number of hydrogen-bond acceptors (Lipinski definition) is 3. The highest BCUT2D eigenvalue weighted by Gasteiger charge is 2.24. The average molecular weight is 285 g/mol. The molecule has 0 spiro atoms. The molecule has 3 rings (SSSR count). The molecule has 2 heterocycles. The molecule has 4 heteroatoms. The van der Waals surface area contributed by atoms with Crippen LogP contribution in [-0.2, 0) is 11.3 Å². The van der Waals surface area contributed by atoms with E-state index >= 15 is 0 Å². The van der Waals surface area contributed by atoms with Crippen LogP contribution in [0.2, 0.25) is 0 Å². The van der Waals surface area contributed by atoms with Crippen LogP contribution < -0.4 is 5.32 Å². The van der Waals surface area contributed by atoms with Crippen molar-refractivity contribution in [1.29, 1.82) is 0 Å². The summed E-state index contributed by atoms with van der Waals surface area (Å²) in [5, 5.41) is 8.02. The van der Waals surface area contributed by atoms with Crippen LogP contribution in [0.25, 0.3) is 0 Å². The zero-order valence-electron chi connectivity index (χ0n) is 12.7. The second-order valence-corrected chi connectivity index (χ2v) is 5.98. The van der Waals surface area contributed by atoms with E-state index in [0.29, 0.717) is 18.2 Å². The van der Waals surface area contributed by atoms with E-state index < -0.39 is 0 Å². The summed E-state index contributed by atoms with van der Waals surface area (Å²) < 4.78 is 7.75. The molecule has 112 valence electrons. The Bertz CT molecular complexity index is 556. The topological polar surface area (TPSA) is 39.1 Å². The maximum absolute atomic E-state index is 5.78. The van der Waals surface area contributed by atoms with Crippen LogP contribution in [0.1, 0.15) is 32.3 Å². The normalized spacial score (nSPS) is 25.7. The fourth-order valence-corrected chi connectivity index (χ4v) is 3.05. The summed E-state index contributed by atoms with van der Waals surface area (Å²) in [6.45, 7) is 5.09. The summed E-state index contributed by atoms with van der Waals surface area (Å²) in [6, 6.07) is 10.9. The highest BCUT2D eigenvalue weighted by Crippen LogP contribution is 2.22. The molecule has 0 bridgehead atoms. The monoisotopic (exact) mass is 285 g/mol. The van der Waals surface area contributed by atoms with E-state index in [9.17, 15) is 0 Å². The predicted molar refractivity (Wildman–Crippen MR) is 84.4 cm³/mol. The van der Waals surface area contributed by atoms with Gasteiger partial charge in [-0.15, -0.1) is 0 Å². The molecule has 2 unspecified atom stereocenters. The first-order valence-corrected chi connectivity index (χ1v) is 7.67. The number of ether oxygens (including phenoxy) is 1. The minimum Gasteiger partial charge on any atom is -0.380 e. The molecule has 1 fully saturated rings. The highest BCUT2D eigenvalue weighted by molar-refractivity contribution is 5.39. The number of hydrogen-bond donors (Lipinski definition) is 1. The third kappa shape index (κ3) is 3.85. The van der Waals surface area contributed by atoms with Gasteiger partial charge in [0, 0.05) is 12.2 Å². The van der Waals surface area contributed by atoms with Crippen LogP contribution in [0.15, 0.2) is 42.7 Å². The van der Waals surface area contributed by atoms with Crippen LogP contribution in [-0.4, -0.2) is 28.0 Å². The first-order chi connectivity index (χ1) is 10.2. The molecule has 1 aliphatic heterocycles. The number of rotatable bonds is 4. The van der Waals surface area contributed by atoms with Gasteiger partial charge in [-0.2, -0.15) is 5.10 Å². The van der Waals surface area contributed by atoms with Gasteiger partial charge in [0.25, 0.3) is 0 Å². The molecule has 0 saturated carbocycles. The number of nitrogens with one attached hydrogen (secondary N) is 1. The predicted octanol–water partition coefficient (Wildman–Crippen LogP) is 3.30. The van der Waals surface area contributed by atoms with E-state index in [-0.39, 0.29) is 0 Å². The molecule has 0 radical (unpaired) electrons. The van der Waals surface area contributed by atoms with Crippen LogP contribution in [0.3, 0.4) is 0 Å². The van der Waals surface area contributed by atoms with Gasteiger partial charge in [-0.3, -0.25) is 4.68 Å². The minimum atomic E-state index is 0.325. The Kier molecular flexibility index (Phi) is 4.25. The van der Waals surface area contributed by atoms with Gasteiger partial charge in [0.05, 0.1) is 30.6 Å². The summed E-state index contributed by atoms with van der Waals surface area (Å²) in [7, 11) is 0. The Hall–Kier alpha value is -1.81. The quantitative estimate of drug-likeness (QED) is 0.937. The average Bonchev–Trinajstić information content (AvgIpc) is 2.86.